The van der Waals surface area contributed by atoms with E-state index in [9.17, 15) is 20.2 Å². The van der Waals surface area contributed by atoms with E-state index in [4.69, 9.17) is 4.42 Å². The molecule has 1 N–H and O–H groups in total. The van der Waals surface area contributed by atoms with E-state index in [2.05, 4.69) is 15.5 Å². The highest BCUT2D eigenvalue weighted by Crippen LogP contribution is 2.29. The number of benzene rings is 1. The van der Waals surface area contributed by atoms with Crippen LogP contribution in [0.3, 0.4) is 0 Å². The van der Waals surface area contributed by atoms with Crippen LogP contribution in [0.1, 0.15) is 16.3 Å². The van der Waals surface area contributed by atoms with Gasteiger partial charge in [0.25, 0.3) is 11.6 Å². The third-order valence-corrected chi connectivity index (χ3v) is 4.48. The van der Waals surface area contributed by atoms with Crippen LogP contribution in [-0.4, -0.2) is 21.0 Å². The van der Waals surface area contributed by atoms with E-state index in [1.807, 2.05) is 6.07 Å². The van der Waals surface area contributed by atoms with E-state index in [1.54, 1.807) is 32.0 Å². The Balaban J connectivity index is 1.86. The number of nitro benzene ring substituents is 1. The molecule has 0 atom stereocenters. The number of nitrogens with zero attached hydrogens (tertiary/aromatic N) is 4. The first-order valence-electron chi connectivity index (χ1n) is 7.96. The number of aromatic nitrogens is 2. The van der Waals surface area contributed by atoms with E-state index >= 15 is 0 Å². The second-order valence-corrected chi connectivity index (χ2v) is 6.89. The maximum absolute atomic E-state index is 12.2. The SMILES string of the molecule is Cc1nnc(NC(=O)/C(C#N)=C\c2ccc(-c3cc([N+](=O)[O-])ccc3C)o2)s1. The lowest BCUT2D eigenvalue weighted by molar-refractivity contribution is -0.384. The molecule has 0 spiro atoms. The monoisotopic (exact) mass is 395 g/mol. The Morgan fingerprint density at radius 1 is 1.32 bits per heavy atom. The van der Waals surface area contributed by atoms with Crippen molar-refractivity contribution in [3.63, 3.8) is 0 Å². The van der Waals surface area contributed by atoms with Gasteiger partial charge in [-0.2, -0.15) is 5.26 Å². The van der Waals surface area contributed by atoms with Crippen LogP contribution in [0, 0.1) is 35.3 Å². The maximum Gasteiger partial charge on any atom is 0.270 e. The van der Waals surface area contributed by atoms with E-state index in [0.29, 0.717) is 16.3 Å². The number of carbonyl (C=O) groups is 1. The second kappa shape index (κ2) is 7.81. The van der Waals surface area contributed by atoms with Gasteiger partial charge in [-0.3, -0.25) is 20.2 Å². The fourth-order valence-corrected chi connectivity index (χ4v) is 2.95. The van der Waals surface area contributed by atoms with Gasteiger partial charge in [-0.05, 0) is 31.5 Å². The van der Waals surface area contributed by atoms with Crippen molar-refractivity contribution in [3.8, 4) is 17.4 Å². The van der Waals surface area contributed by atoms with Crippen molar-refractivity contribution >= 4 is 34.1 Å². The summed E-state index contributed by atoms with van der Waals surface area (Å²) < 4.78 is 5.67. The molecule has 0 aliphatic heterocycles. The summed E-state index contributed by atoms with van der Waals surface area (Å²) >= 11 is 1.19. The van der Waals surface area contributed by atoms with Crippen LogP contribution in [0.25, 0.3) is 17.4 Å². The van der Waals surface area contributed by atoms with Crippen molar-refractivity contribution in [1.82, 2.24) is 10.2 Å². The Morgan fingerprint density at radius 3 is 2.75 bits per heavy atom. The first-order valence-corrected chi connectivity index (χ1v) is 8.77. The van der Waals surface area contributed by atoms with Crippen LogP contribution in [0.2, 0.25) is 0 Å². The molecule has 2 aromatic heterocycles. The third-order valence-electron chi connectivity index (χ3n) is 3.72. The van der Waals surface area contributed by atoms with Crippen LogP contribution in [0.5, 0.6) is 0 Å². The van der Waals surface area contributed by atoms with Gasteiger partial charge in [-0.1, -0.05) is 17.4 Å². The van der Waals surface area contributed by atoms with Gasteiger partial charge in [0.15, 0.2) is 0 Å². The first-order chi connectivity index (χ1) is 13.4. The average Bonchev–Trinajstić information content (AvgIpc) is 3.28. The molecule has 0 aliphatic rings. The van der Waals surface area contributed by atoms with Gasteiger partial charge in [-0.25, -0.2) is 0 Å². The Bertz CT molecular complexity index is 1140. The van der Waals surface area contributed by atoms with E-state index < -0.39 is 10.8 Å². The molecule has 2 heterocycles. The smallest absolute Gasteiger partial charge is 0.270 e. The summed E-state index contributed by atoms with van der Waals surface area (Å²) in [5, 5.41) is 31.3. The summed E-state index contributed by atoms with van der Waals surface area (Å²) in [6.45, 7) is 3.55. The Morgan fingerprint density at radius 2 is 2.11 bits per heavy atom. The van der Waals surface area contributed by atoms with Crippen molar-refractivity contribution in [1.29, 1.82) is 5.26 Å². The zero-order valence-corrected chi connectivity index (χ0v) is 15.6. The number of hydrogen-bond donors (Lipinski definition) is 1. The molecule has 3 aromatic rings. The number of nitriles is 1. The lowest BCUT2D eigenvalue weighted by atomic mass is 10.1. The molecule has 1 aromatic carbocycles. The molecule has 10 heteroatoms. The maximum atomic E-state index is 12.2. The summed E-state index contributed by atoms with van der Waals surface area (Å²) in [5.41, 5.74) is 1.12. The predicted molar refractivity (Wildman–Crippen MR) is 102 cm³/mol. The van der Waals surface area contributed by atoms with Crippen LogP contribution in [0.4, 0.5) is 10.8 Å². The van der Waals surface area contributed by atoms with Crippen molar-refractivity contribution in [2.24, 2.45) is 0 Å². The first kappa shape index (κ1) is 18.9. The molecular weight excluding hydrogens is 382 g/mol. The second-order valence-electron chi connectivity index (χ2n) is 5.71. The van der Waals surface area contributed by atoms with Crippen LogP contribution < -0.4 is 5.32 Å². The molecule has 0 radical (unpaired) electrons. The van der Waals surface area contributed by atoms with Gasteiger partial charge >= 0.3 is 0 Å². The van der Waals surface area contributed by atoms with Gasteiger partial charge in [0, 0.05) is 23.8 Å². The van der Waals surface area contributed by atoms with Crippen LogP contribution in [0.15, 0.2) is 40.3 Å². The summed E-state index contributed by atoms with van der Waals surface area (Å²) in [5.74, 6) is 0.0223. The largest absolute Gasteiger partial charge is 0.457 e. The fraction of sp³-hybridized carbons (Fsp3) is 0.111. The van der Waals surface area contributed by atoms with E-state index in [1.165, 1.54) is 29.5 Å². The van der Waals surface area contributed by atoms with E-state index in [0.717, 1.165) is 5.56 Å². The van der Waals surface area contributed by atoms with Gasteiger partial charge in [-0.15, -0.1) is 10.2 Å². The zero-order chi connectivity index (χ0) is 20.3. The molecule has 1 amide bonds. The summed E-state index contributed by atoms with van der Waals surface area (Å²) in [6.07, 6.45) is 1.29. The molecule has 3 rings (SSSR count). The van der Waals surface area contributed by atoms with Crippen molar-refractivity contribution < 1.29 is 14.1 Å². The molecule has 0 saturated carbocycles. The number of anilines is 1. The number of non-ortho nitro benzene ring substituents is 1. The Kier molecular flexibility index (Phi) is 5.28. The number of rotatable bonds is 5. The number of furan rings is 1. The van der Waals surface area contributed by atoms with Gasteiger partial charge < -0.3 is 4.42 Å². The highest BCUT2D eigenvalue weighted by Gasteiger charge is 2.15. The lowest BCUT2D eigenvalue weighted by Gasteiger charge is -2.02. The van der Waals surface area contributed by atoms with Gasteiger partial charge in [0.05, 0.1) is 4.92 Å². The highest BCUT2D eigenvalue weighted by molar-refractivity contribution is 7.15. The number of nitrogens with one attached hydrogen (secondary N) is 1. The van der Waals surface area contributed by atoms with Crippen LogP contribution in [-0.2, 0) is 4.79 Å². The van der Waals surface area contributed by atoms with Gasteiger partial charge in [0.1, 0.15) is 28.2 Å². The summed E-state index contributed by atoms with van der Waals surface area (Å²) in [7, 11) is 0. The number of hydrogen-bond acceptors (Lipinski definition) is 8. The molecule has 0 bridgehead atoms. The molecule has 0 saturated heterocycles. The molecule has 28 heavy (non-hydrogen) atoms. The minimum atomic E-state index is -0.636. The average molecular weight is 395 g/mol. The van der Waals surface area contributed by atoms with Gasteiger partial charge in [0.2, 0.25) is 5.13 Å². The summed E-state index contributed by atoms with van der Waals surface area (Å²) in [4.78, 5) is 22.7. The minimum Gasteiger partial charge on any atom is -0.457 e. The lowest BCUT2D eigenvalue weighted by Crippen LogP contribution is -2.13. The molecule has 140 valence electrons. The topological polar surface area (TPSA) is 135 Å². The molecule has 0 fully saturated rings. The number of nitro groups is 1. The molecule has 0 aliphatic carbocycles. The zero-order valence-electron chi connectivity index (χ0n) is 14.8. The van der Waals surface area contributed by atoms with E-state index in [-0.39, 0.29) is 22.2 Å². The summed E-state index contributed by atoms with van der Waals surface area (Å²) in [6, 6.07) is 9.47. The normalized spacial score (nSPS) is 11.1. The highest BCUT2D eigenvalue weighted by atomic mass is 32.1. The Labute approximate surface area is 163 Å². The quantitative estimate of drug-likeness (QED) is 0.300. The fourth-order valence-electron chi connectivity index (χ4n) is 2.37. The van der Waals surface area contributed by atoms with Crippen molar-refractivity contribution in [2.75, 3.05) is 5.32 Å². The molecule has 9 nitrogen and oxygen atoms in total. The number of amides is 1. The van der Waals surface area contributed by atoms with Crippen molar-refractivity contribution in [3.05, 3.63) is 62.4 Å². The third kappa shape index (κ3) is 4.11. The predicted octanol–water partition coefficient (Wildman–Crippen LogP) is 3.87. The molecule has 0 unspecified atom stereocenters. The molecular formula is C18H13N5O4S. The number of carbonyl (C=O) groups excluding carboxylic acids is 1. The standard InChI is InChI=1S/C18H13N5O4S/c1-10-3-4-13(23(25)26)8-15(10)16-6-5-14(27-16)7-12(9-19)17(24)20-18-22-21-11(2)28-18/h3-8H,1-2H3,(H,20,22,24)/b12-7-. The van der Waals surface area contributed by atoms with Crippen LogP contribution >= 0.6 is 11.3 Å². The minimum absolute atomic E-state index is 0.0569. The van der Waals surface area contributed by atoms with Crippen molar-refractivity contribution in [2.45, 2.75) is 13.8 Å². The Hall–Kier alpha value is -3.84. The number of aryl methyl sites for hydroxylation is 2.